The maximum Gasteiger partial charge on any atom is 0.240 e. The Kier molecular flexibility index (Phi) is 4.54. The van der Waals surface area contributed by atoms with Crippen molar-refractivity contribution in [2.45, 2.75) is 12.8 Å². The highest BCUT2D eigenvalue weighted by Crippen LogP contribution is 2.29. The van der Waals surface area contributed by atoms with Gasteiger partial charge in [0.05, 0.1) is 5.92 Å². The summed E-state index contributed by atoms with van der Waals surface area (Å²) in [5, 5.41) is 5.09. The fourth-order valence-electron chi connectivity index (χ4n) is 2.64. The van der Waals surface area contributed by atoms with E-state index in [4.69, 9.17) is 4.52 Å². The summed E-state index contributed by atoms with van der Waals surface area (Å²) in [5.41, 5.74) is 1.96. The zero-order valence-corrected chi connectivity index (χ0v) is 15.4. The standard InChI is InChI=1S/C18H17N5O3S/c1-13-3-5-14(6-4-13)7-10-27(24,25)23-11-15(12-23)18-21-17(22-26-18)16-19-8-2-9-20-16/h2-10,15H,11-12H2,1H3. The van der Waals surface area contributed by atoms with Crippen LogP contribution in [0, 0.1) is 6.92 Å². The zero-order valence-electron chi connectivity index (χ0n) is 14.6. The number of aromatic nitrogens is 4. The highest BCUT2D eigenvalue weighted by Gasteiger charge is 2.38. The summed E-state index contributed by atoms with van der Waals surface area (Å²) in [5.74, 6) is 0.937. The van der Waals surface area contributed by atoms with Gasteiger partial charge in [-0.2, -0.15) is 9.29 Å². The minimum atomic E-state index is -3.48. The summed E-state index contributed by atoms with van der Waals surface area (Å²) >= 11 is 0. The Morgan fingerprint density at radius 2 is 1.81 bits per heavy atom. The first kappa shape index (κ1) is 17.5. The molecule has 1 aromatic carbocycles. The van der Waals surface area contributed by atoms with Crippen LogP contribution in [0.1, 0.15) is 22.9 Å². The number of aryl methyl sites for hydroxylation is 1. The van der Waals surface area contributed by atoms with E-state index in [2.05, 4.69) is 20.1 Å². The number of nitrogens with zero attached hydrogens (tertiary/aromatic N) is 5. The summed E-state index contributed by atoms with van der Waals surface area (Å²) in [6.45, 7) is 2.59. The van der Waals surface area contributed by atoms with Crippen LogP contribution in [0.4, 0.5) is 0 Å². The van der Waals surface area contributed by atoms with Gasteiger partial charge in [-0.3, -0.25) is 0 Å². The van der Waals surface area contributed by atoms with Gasteiger partial charge in [-0.15, -0.1) is 0 Å². The number of sulfonamides is 1. The van der Waals surface area contributed by atoms with E-state index in [1.807, 2.05) is 31.2 Å². The minimum Gasteiger partial charge on any atom is -0.338 e. The van der Waals surface area contributed by atoms with Crippen LogP contribution in [-0.4, -0.2) is 45.9 Å². The Balaban J connectivity index is 1.40. The molecule has 0 bridgehead atoms. The van der Waals surface area contributed by atoms with Gasteiger partial charge >= 0.3 is 0 Å². The summed E-state index contributed by atoms with van der Waals surface area (Å²) in [4.78, 5) is 12.4. The molecule has 0 spiro atoms. The van der Waals surface area contributed by atoms with E-state index >= 15 is 0 Å². The van der Waals surface area contributed by atoms with Crippen molar-refractivity contribution < 1.29 is 12.9 Å². The lowest BCUT2D eigenvalue weighted by molar-refractivity contribution is 0.219. The molecule has 138 valence electrons. The topological polar surface area (TPSA) is 102 Å². The lowest BCUT2D eigenvalue weighted by Crippen LogP contribution is -2.47. The van der Waals surface area contributed by atoms with Crippen LogP contribution in [-0.2, 0) is 10.0 Å². The van der Waals surface area contributed by atoms with Gasteiger partial charge in [0.1, 0.15) is 0 Å². The largest absolute Gasteiger partial charge is 0.338 e. The first-order valence-corrected chi connectivity index (χ1v) is 9.87. The van der Waals surface area contributed by atoms with E-state index in [9.17, 15) is 8.42 Å². The number of benzene rings is 1. The molecule has 1 aliphatic rings. The molecule has 9 heteroatoms. The van der Waals surface area contributed by atoms with Crippen molar-refractivity contribution >= 4 is 16.1 Å². The van der Waals surface area contributed by atoms with Crippen molar-refractivity contribution in [1.82, 2.24) is 24.4 Å². The molecule has 2 aromatic heterocycles. The van der Waals surface area contributed by atoms with Crippen molar-refractivity contribution in [3.05, 3.63) is 65.2 Å². The van der Waals surface area contributed by atoms with E-state index < -0.39 is 10.0 Å². The highest BCUT2D eigenvalue weighted by atomic mass is 32.2. The molecule has 1 fully saturated rings. The molecule has 1 aliphatic heterocycles. The molecule has 0 unspecified atom stereocenters. The van der Waals surface area contributed by atoms with E-state index in [-0.39, 0.29) is 5.92 Å². The van der Waals surface area contributed by atoms with Crippen molar-refractivity contribution in [3.8, 4) is 11.6 Å². The molecule has 3 aromatic rings. The second kappa shape index (κ2) is 7.01. The Morgan fingerprint density at radius 3 is 2.52 bits per heavy atom. The first-order valence-electron chi connectivity index (χ1n) is 8.37. The maximum atomic E-state index is 12.4. The summed E-state index contributed by atoms with van der Waals surface area (Å²) in [7, 11) is -3.48. The quantitative estimate of drug-likeness (QED) is 0.666. The predicted octanol–water partition coefficient (Wildman–Crippen LogP) is 2.23. The van der Waals surface area contributed by atoms with Crippen LogP contribution < -0.4 is 0 Å². The van der Waals surface area contributed by atoms with Crippen molar-refractivity contribution in [3.63, 3.8) is 0 Å². The van der Waals surface area contributed by atoms with Gasteiger partial charge in [0, 0.05) is 30.9 Å². The fraction of sp³-hybridized carbons (Fsp3) is 0.222. The Bertz CT molecular complexity index is 1060. The molecule has 27 heavy (non-hydrogen) atoms. The van der Waals surface area contributed by atoms with Crippen molar-refractivity contribution in [2.24, 2.45) is 0 Å². The van der Waals surface area contributed by atoms with Gasteiger partial charge in [0.15, 0.2) is 0 Å². The average molecular weight is 383 g/mol. The molecular weight excluding hydrogens is 366 g/mol. The van der Waals surface area contributed by atoms with Crippen molar-refractivity contribution in [2.75, 3.05) is 13.1 Å². The molecular formula is C18H17N5O3S. The first-order chi connectivity index (χ1) is 13.0. The molecule has 3 heterocycles. The Hall–Kier alpha value is -2.91. The van der Waals surface area contributed by atoms with Crippen LogP contribution in [0.15, 0.2) is 52.7 Å². The average Bonchev–Trinajstić information content (AvgIpc) is 3.10. The number of rotatable bonds is 5. The third-order valence-electron chi connectivity index (χ3n) is 4.27. The second-order valence-corrected chi connectivity index (χ2v) is 8.12. The molecule has 0 amide bonds. The predicted molar refractivity (Wildman–Crippen MR) is 98.8 cm³/mol. The van der Waals surface area contributed by atoms with Gasteiger partial charge < -0.3 is 4.52 Å². The molecule has 8 nitrogen and oxygen atoms in total. The minimum absolute atomic E-state index is 0.127. The van der Waals surface area contributed by atoms with E-state index in [1.165, 1.54) is 9.71 Å². The van der Waals surface area contributed by atoms with Gasteiger partial charge in [0.2, 0.25) is 27.6 Å². The molecule has 0 radical (unpaired) electrons. The normalized spacial score (nSPS) is 15.9. The highest BCUT2D eigenvalue weighted by molar-refractivity contribution is 7.92. The summed E-state index contributed by atoms with van der Waals surface area (Å²) < 4.78 is 31.4. The van der Waals surface area contributed by atoms with Crippen LogP contribution in [0.5, 0.6) is 0 Å². The van der Waals surface area contributed by atoms with Crippen LogP contribution in [0.2, 0.25) is 0 Å². The van der Waals surface area contributed by atoms with Gasteiger partial charge in [0.25, 0.3) is 0 Å². The smallest absolute Gasteiger partial charge is 0.240 e. The lowest BCUT2D eigenvalue weighted by atomic mass is 10.0. The van der Waals surface area contributed by atoms with Crippen LogP contribution in [0.3, 0.4) is 0 Å². The van der Waals surface area contributed by atoms with Gasteiger partial charge in [-0.05, 0) is 24.6 Å². The van der Waals surface area contributed by atoms with Crippen LogP contribution >= 0.6 is 0 Å². The Morgan fingerprint density at radius 1 is 1.11 bits per heavy atom. The number of hydrogen-bond donors (Lipinski definition) is 0. The number of hydrogen-bond acceptors (Lipinski definition) is 7. The maximum absolute atomic E-state index is 12.4. The summed E-state index contributed by atoms with van der Waals surface area (Å²) in [6.07, 6.45) is 4.78. The van der Waals surface area contributed by atoms with E-state index in [0.717, 1.165) is 11.1 Å². The lowest BCUT2D eigenvalue weighted by Gasteiger charge is -2.34. The molecule has 4 rings (SSSR count). The molecule has 0 N–H and O–H groups in total. The van der Waals surface area contributed by atoms with Crippen molar-refractivity contribution in [1.29, 1.82) is 0 Å². The second-order valence-electron chi connectivity index (χ2n) is 6.30. The third kappa shape index (κ3) is 3.79. The third-order valence-corrected chi connectivity index (χ3v) is 5.77. The molecule has 1 saturated heterocycles. The SMILES string of the molecule is Cc1ccc(C=CS(=O)(=O)N2CC(c3nc(-c4ncccn4)no3)C2)cc1. The zero-order chi connectivity index (χ0) is 18.9. The van der Waals surface area contributed by atoms with E-state index in [1.54, 1.807) is 24.5 Å². The Labute approximate surface area is 156 Å². The molecule has 0 saturated carbocycles. The summed E-state index contributed by atoms with van der Waals surface area (Å²) in [6, 6.07) is 9.34. The van der Waals surface area contributed by atoms with Crippen LogP contribution in [0.25, 0.3) is 17.7 Å². The fourth-order valence-corrected chi connectivity index (χ4v) is 3.91. The van der Waals surface area contributed by atoms with E-state index in [0.29, 0.717) is 30.6 Å². The van der Waals surface area contributed by atoms with Gasteiger partial charge in [-0.1, -0.05) is 35.0 Å². The molecule has 0 atom stereocenters. The monoisotopic (exact) mass is 383 g/mol. The molecule has 0 aliphatic carbocycles. The van der Waals surface area contributed by atoms with Gasteiger partial charge in [-0.25, -0.2) is 18.4 Å².